The molecule has 0 fully saturated rings. The quantitative estimate of drug-likeness (QED) is 0.805. The van der Waals surface area contributed by atoms with Crippen molar-refractivity contribution in [2.75, 3.05) is 19.8 Å². The number of ether oxygens (including phenoxy) is 1. The lowest BCUT2D eigenvalue weighted by Gasteiger charge is -2.25. The number of hydrogen-bond acceptors (Lipinski definition) is 3. The van der Waals surface area contributed by atoms with Gasteiger partial charge in [0.05, 0.1) is 6.61 Å². The fraction of sp³-hybridized carbons (Fsp3) is 0.500. The maximum Gasteiger partial charge on any atom is 0.245 e. The van der Waals surface area contributed by atoms with Crippen LogP contribution in [-0.2, 0) is 10.2 Å². The van der Waals surface area contributed by atoms with E-state index in [2.05, 4.69) is 5.32 Å². The third kappa shape index (κ3) is 4.04. The Balaban J connectivity index is 2.68. The van der Waals surface area contributed by atoms with Gasteiger partial charge in [-0.3, -0.25) is 4.79 Å². The fourth-order valence-corrected chi connectivity index (χ4v) is 1.65. The molecule has 1 amide bonds. The van der Waals surface area contributed by atoms with Crippen molar-refractivity contribution in [3.8, 4) is 5.75 Å². The SMILES string of the molecule is CCOc1ccc(C(C)(C)CNC(=O)CO)cc1. The highest BCUT2D eigenvalue weighted by Gasteiger charge is 2.21. The van der Waals surface area contributed by atoms with E-state index in [-0.39, 0.29) is 11.3 Å². The highest BCUT2D eigenvalue weighted by atomic mass is 16.5. The Morgan fingerprint density at radius 2 is 1.94 bits per heavy atom. The van der Waals surface area contributed by atoms with E-state index in [9.17, 15) is 4.79 Å². The van der Waals surface area contributed by atoms with Crippen LogP contribution in [0, 0.1) is 0 Å². The van der Waals surface area contributed by atoms with Gasteiger partial charge < -0.3 is 15.2 Å². The Kier molecular flexibility index (Phi) is 5.16. The number of carbonyl (C=O) groups excluding carboxylic acids is 1. The van der Waals surface area contributed by atoms with Crippen LogP contribution < -0.4 is 10.1 Å². The number of aliphatic hydroxyl groups is 1. The van der Waals surface area contributed by atoms with E-state index < -0.39 is 6.61 Å². The van der Waals surface area contributed by atoms with Gasteiger partial charge in [0, 0.05) is 12.0 Å². The molecule has 1 rings (SSSR count). The van der Waals surface area contributed by atoms with E-state index in [0.717, 1.165) is 11.3 Å². The van der Waals surface area contributed by atoms with Crippen LogP contribution >= 0.6 is 0 Å². The van der Waals surface area contributed by atoms with E-state index in [1.807, 2.05) is 45.0 Å². The predicted molar refractivity (Wildman–Crippen MR) is 70.7 cm³/mol. The molecule has 0 bridgehead atoms. The van der Waals surface area contributed by atoms with Gasteiger partial charge in [0.1, 0.15) is 12.4 Å². The summed E-state index contributed by atoms with van der Waals surface area (Å²) in [6.45, 7) is 6.69. The van der Waals surface area contributed by atoms with Gasteiger partial charge in [0.15, 0.2) is 0 Å². The van der Waals surface area contributed by atoms with Crippen LogP contribution in [0.15, 0.2) is 24.3 Å². The maximum atomic E-state index is 11.0. The Morgan fingerprint density at radius 1 is 1.33 bits per heavy atom. The molecule has 1 aromatic carbocycles. The van der Waals surface area contributed by atoms with Crippen LogP contribution in [0.2, 0.25) is 0 Å². The molecule has 0 spiro atoms. The van der Waals surface area contributed by atoms with Crippen LogP contribution in [0.1, 0.15) is 26.3 Å². The first-order valence-electron chi connectivity index (χ1n) is 6.10. The highest BCUT2D eigenvalue weighted by molar-refractivity contribution is 5.76. The average molecular weight is 251 g/mol. The van der Waals surface area contributed by atoms with Gasteiger partial charge in [0.2, 0.25) is 5.91 Å². The molecule has 0 heterocycles. The summed E-state index contributed by atoms with van der Waals surface area (Å²) in [5.74, 6) is 0.491. The Labute approximate surface area is 108 Å². The summed E-state index contributed by atoms with van der Waals surface area (Å²) in [4.78, 5) is 11.0. The molecule has 0 unspecified atom stereocenters. The zero-order chi connectivity index (χ0) is 13.6. The van der Waals surface area contributed by atoms with E-state index in [1.54, 1.807) is 0 Å². The van der Waals surface area contributed by atoms with Crippen molar-refractivity contribution in [1.82, 2.24) is 5.32 Å². The van der Waals surface area contributed by atoms with Crippen molar-refractivity contribution in [2.45, 2.75) is 26.2 Å². The lowest BCUT2D eigenvalue weighted by Crippen LogP contribution is -2.37. The molecule has 18 heavy (non-hydrogen) atoms. The summed E-state index contributed by atoms with van der Waals surface area (Å²) in [7, 11) is 0. The predicted octanol–water partition coefficient (Wildman–Crippen LogP) is 1.47. The third-order valence-electron chi connectivity index (χ3n) is 2.82. The molecule has 0 aliphatic carbocycles. The minimum absolute atomic E-state index is 0.185. The van der Waals surface area contributed by atoms with E-state index >= 15 is 0 Å². The average Bonchev–Trinajstić information content (AvgIpc) is 2.37. The summed E-state index contributed by atoms with van der Waals surface area (Å²) in [6, 6.07) is 7.84. The lowest BCUT2D eigenvalue weighted by molar-refractivity contribution is -0.124. The molecule has 4 nitrogen and oxygen atoms in total. The van der Waals surface area contributed by atoms with Crippen LogP contribution in [0.5, 0.6) is 5.75 Å². The Bertz CT molecular complexity index is 385. The van der Waals surface area contributed by atoms with Crippen LogP contribution in [-0.4, -0.2) is 30.8 Å². The normalized spacial score (nSPS) is 11.1. The Hall–Kier alpha value is -1.55. The summed E-state index contributed by atoms with van der Waals surface area (Å²) in [5, 5.41) is 11.4. The van der Waals surface area contributed by atoms with Gasteiger partial charge in [-0.05, 0) is 24.6 Å². The summed E-state index contributed by atoms with van der Waals surface area (Å²) in [6.07, 6.45) is 0. The van der Waals surface area contributed by atoms with Gasteiger partial charge in [-0.15, -0.1) is 0 Å². The topological polar surface area (TPSA) is 58.6 Å². The molecule has 0 aliphatic rings. The molecule has 2 N–H and O–H groups in total. The molecular weight excluding hydrogens is 230 g/mol. The van der Waals surface area contributed by atoms with Crippen LogP contribution in [0.25, 0.3) is 0 Å². The first kappa shape index (κ1) is 14.5. The Morgan fingerprint density at radius 3 is 2.44 bits per heavy atom. The van der Waals surface area contributed by atoms with Crippen molar-refractivity contribution < 1.29 is 14.6 Å². The molecular formula is C14H21NO3. The van der Waals surface area contributed by atoms with E-state index in [4.69, 9.17) is 9.84 Å². The van der Waals surface area contributed by atoms with Crippen molar-refractivity contribution in [3.63, 3.8) is 0 Å². The molecule has 0 radical (unpaired) electrons. The smallest absolute Gasteiger partial charge is 0.245 e. The zero-order valence-corrected chi connectivity index (χ0v) is 11.2. The van der Waals surface area contributed by atoms with Crippen LogP contribution in [0.4, 0.5) is 0 Å². The zero-order valence-electron chi connectivity index (χ0n) is 11.2. The van der Waals surface area contributed by atoms with E-state index in [1.165, 1.54) is 0 Å². The number of amides is 1. The molecule has 0 saturated carbocycles. The summed E-state index contributed by atoms with van der Waals surface area (Å²) < 4.78 is 5.39. The van der Waals surface area contributed by atoms with Crippen molar-refractivity contribution >= 4 is 5.91 Å². The van der Waals surface area contributed by atoms with E-state index in [0.29, 0.717) is 13.2 Å². The van der Waals surface area contributed by atoms with Gasteiger partial charge in [0.25, 0.3) is 0 Å². The van der Waals surface area contributed by atoms with Crippen molar-refractivity contribution in [2.24, 2.45) is 0 Å². The summed E-state index contributed by atoms with van der Waals surface area (Å²) >= 11 is 0. The number of hydrogen-bond donors (Lipinski definition) is 2. The van der Waals surface area contributed by atoms with Crippen LogP contribution in [0.3, 0.4) is 0 Å². The molecule has 0 saturated heterocycles. The fourth-order valence-electron chi connectivity index (χ4n) is 1.65. The van der Waals surface area contributed by atoms with Gasteiger partial charge >= 0.3 is 0 Å². The number of rotatable bonds is 6. The van der Waals surface area contributed by atoms with Gasteiger partial charge in [-0.25, -0.2) is 0 Å². The minimum Gasteiger partial charge on any atom is -0.494 e. The third-order valence-corrected chi connectivity index (χ3v) is 2.82. The molecule has 0 atom stereocenters. The van der Waals surface area contributed by atoms with Gasteiger partial charge in [-0.1, -0.05) is 26.0 Å². The molecule has 0 aromatic heterocycles. The lowest BCUT2D eigenvalue weighted by atomic mass is 9.84. The van der Waals surface area contributed by atoms with Crippen molar-refractivity contribution in [3.05, 3.63) is 29.8 Å². The minimum atomic E-state index is -0.473. The second kappa shape index (κ2) is 6.40. The second-order valence-corrected chi connectivity index (χ2v) is 4.78. The number of carbonyl (C=O) groups is 1. The number of nitrogens with one attached hydrogen (secondary N) is 1. The van der Waals surface area contributed by atoms with Gasteiger partial charge in [-0.2, -0.15) is 0 Å². The molecule has 100 valence electrons. The highest BCUT2D eigenvalue weighted by Crippen LogP contribution is 2.24. The maximum absolute atomic E-state index is 11.0. The first-order chi connectivity index (χ1) is 8.49. The number of benzene rings is 1. The second-order valence-electron chi connectivity index (χ2n) is 4.78. The standard InChI is InChI=1S/C14H21NO3/c1-4-18-12-7-5-11(6-8-12)14(2,3)10-15-13(17)9-16/h5-8,16H,4,9-10H2,1-3H3,(H,15,17). The monoisotopic (exact) mass is 251 g/mol. The molecule has 4 heteroatoms. The largest absolute Gasteiger partial charge is 0.494 e. The van der Waals surface area contributed by atoms with Crippen molar-refractivity contribution in [1.29, 1.82) is 0 Å². The molecule has 1 aromatic rings. The summed E-state index contributed by atoms with van der Waals surface area (Å²) in [5.41, 5.74) is 0.930. The number of aliphatic hydroxyl groups excluding tert-OH is 1. The molecule has 0 aliphatic heterocycles. The first-order valence-corrected chi connectivity index (χ1v) is 6.10.